The average Bonchev–Trinajstić information content (AvgIpc) is 2.61. The topological polar surface area (TPSA) is 42.8 Å². The van der Waals surface area contributed by atoms with Gasteiger partial charge in [0.05, 0.1) is 5.54 Å². The lowest BCUT2D eigenvalue weighted by Crippen LogP contribution is -2.37. The van der Waals surface area contributed by atoms with Crippen LogP contribution in [0.5, 0.6) is 0 Å². The van der Waals surface area contributed by atoms with E-state index in [0.29, 0.717) is 0 Å². The van der Waals surface area contributed by atoms with E-state index in [2.05, 4.69) is 28.6 Å². The zero-order chi connectivity index (χ0) is 10.9. The molecule has 1 fully saturated rings. The van der Waals surface area contributed by atoms with Gasteiger partial charge in [0, 0.05) is 19.6 Å². The SMILES string of the molecule is CCc1n[nH]c(=S)n1C1(C)CCOCC1. The largest absolute Gasteiger partial charge is 0.381 e. The molecule has 0 aromatic carbocycles. The summed E-state index contributed by atoms with van der Waals surface area (Å²) in [7, 11) is 0. The van der Waals surface area contributed by atoms with Crippen LogP contribution >= 0.6 is 12.2 Å². The van der Waals surface area contributed by atoms with Gasteiger partial charge in [-0.15, -0.1) is 0 Å². The van der Waals surface area contributed by atoms with Crippen LogP contribution in [0.3, 0.4) is 0 Å². The molecule has 0 spiro atoms. The first-order valence-electron chi connectivity index (χ1n) is 5.42. The zero-order valence-corrected chi connectivity index (χ0v) is 10.1. The molecule has 1 saturated heterocycles. The third-order valence-electron chi connectivity index (χ3n) is 3.17. The third kappa shape index (κ3) is 1.86. The number of hydrogen-bond donors (Lipinski definition) is 1. The van der Waals surface area contributed by atoms with Crippen molar-refractivity contribution in [2.45, 2.75) is 38.6 Å². The van der Waals surface area contributed by atoms with Crippen LogP contribution in [0.25, 0.3) is 0 Å². The maximum absolute atomic E-state index is 5.40. The van der Waals surface area contributed by atoms with Gasteiger partial charge >= 0.3 is 0 Å². The Labute approximate surface area is 94.6 Å². The summed E-state index contributed by atoms with van der Waals surface area (Å²) < 4.78 is 8.30. The van der Waals surface area contributed by atoms with E-state index in [4.69, 9.17) is 17.0 Å². The fourth-order valence-corrected chi connectivity index (χ4v) is 2.53. The maximum Gasteiger partial charge on any atom is 0.195 e. The molecule has 0 saturated carbocycles. The van der Waals surface area contributed by atoms with Crippen LogP contribution in [0.2, 0.25) is 0 Å². The van der Waals surface area contributed by atoms with Gasteiger partial charge in [0.15, 0.2) is 4.77 Å². The predicted octanol–water partition coefficient (Wildman–Crippen LogP) is 2.03. The number of rotatable bonds is 2. The van der Waals surface area contributed by atoms with Crippen molar-refractivity contribution in [2.75, 3.05) is 13.2 Å². The number of ether oxygens (including phenoxy) is 1. The Morgan fingerprint density at radius 1 is 1.53 bits per heavy atom. The van der Waals surface area contributed by atoms with Crippen molar-refractivity contribution < 1.29 is 4.74 Å². The summed E-state index contributed by atoms with van der Waals surface area (Å²) in [5, 5.41) is 7.15. The van der Waals surface area contributed by atoms with Crippen molar-refractivity contribution in [3.05, 3.63) is 10.6 Å². The van der Waals surface area contributed by atoms with Gasteiger partial charge in [0.25, 0.3) is 0 Å². The molecule has 1 aromatic rings. The van der Waals surface area contributed by atoms with Gasteiger partial charge in [-0.3, -0.25) is 9.67 Å². The molecule has 1 aliphatic heterocycles. The van der Waals surface area contributed by atoms with Crippen LogP contribution in [0.15, 0.2) is 0 Å². The van der Waals surface area contributed by atoms with Gasteiger partial charge in [-0.05, 0) is 32.0 Å². The van der Waals surface area contributed by atoms with Gasteiger partial charge in [0.1, 0.15) is 5.82 Å². The molecule has 0 aliphatic carbocycles. The third-order valence-corrected chi connectivity index (χ3v) is 3.44. The highest BCUT2D eigenvalue weighted by Gasteiger charge is 2.31. The van der Waals surface area contributed by atoms with Crippen molar-refractivity contribution in [1.82, 2.24) is 14.8 Å². The molecule has 1 aromatic heterocycles. The number of aryl methyl sites for hydroxylation is 1. The van der Waals surface area contributed by atoms with Gasteiger partial charge in [-0.25, -0.2) is 0 Å². The van der Waals surface area contributed by atoms with Crippen LogP contribution < -0.4 is 0 Å². The molecule has 5 heteroatoms. The molecular formula is C10H17N3OS. The molecule has 1 N–H and O–H groups in total. The zero-order valence-electron chi connectivity index (χ0n) is 9.25. The minimum atomic E-state index is 0.0771. The van der Waals surface area contributed by atoms with Crippen molar-refractivity contribution in [1.29, 1.82) is 0 Å². The number of nitrogens with zero attached hydrogens (tertiary/aromatic N) is 2. The molecule has 0 atom stereocenters. The molecule has 2 rings (SSSR count). The molecule has 0 unspecified atom stereocenters. The summed E-state index contributed by atoms with van der Waals surface area (Å²) >= 11 is 5.30. The van der Waals surface area contributed by atoms with E-state index in [1.165, 1.54) is 0 Å². The molecule has 2 heterocycles. The first-order chi connectivity index (χ1) is 7.17. The highest BCUT2D eigenvalue weighted by Crippen LogP contribution is 2.29. The summed E-state index contributed by atoms with van der Waals surface area (Å²) in [5.74, 6) is 1.05. The first-order valence-corrected chi connectivity index (χ1v) is 5.83. The second kappa shape index (κ2) is 4.06. The van der Waals surface area contributed by atoms with Gasteiger partial charge in [-0.2, -0.15) is 5.10 Å². The summed E-state index contributed by atoms with van der Waals surface area (Å²) in [6.07, 6.45) is 2.92. The second-order valence-electron chi connectivity index (χ2n) is 4.24. The molecule has 0 amide bonds. The Kier molecular flexibility index (Phi) is 2.93. The molecule has 0 radical (unpaired) electrons. The fraction of sp³-hybridized carbons (Fsp3) is 0.800. The summed E-state index contributed by atoms with van der Waals surface area (Å²) in [5.41, 5.74) is 0.0771. The fourth-order valence-electron chi connectivity index (χ4n) is 2.16. The first kappa shape index (κ1) is 10.8. The lowest BCUT2D eigenvalue weighted by atomic mass is 9.92. The Morgan fingerprint density at radius 3 is 2.80 bits per heavy atom. The van der Waals surface area contributed by atoms with Crippen LogP contribution in [-0.2, 0) is 16.7 Å². The monoisotopic (exact) mass is 227 g/mol. The Bertz CT molecular complexity index is 390. The van der Waals surface area contributed by atoms with Gasteiger partial charge < -0.3 is 4.74 Å². The van der Waals surface area contributed by atoms with E-state index < -0.39 is 0 Å². The minimum absolute atomic E-state index is 0.0771. The van der Waals surface area contributed by atoms with Gasteiger partial charge in [0.2, 0.25) is 0 Å². The van der Waals surface area contributed by atoms with Crippen molar-refractivity contribution in [3.8, 4) is 0 Å². The van der Waals surface area contributed by atoms with E-state index >= 15 is 0 Å². The van der Waals surface area contributed by atoms with Crippen LogP contribution in [0, 0.1) is 4.77 Å². The number of nitrogens with one attached hydrogen (secondary N) is 1. The van der Waals surface area contributed by atoms with E-state index in [1.54, 1.807) is 0 Å². The number of aromatic amines is 1. The molecule has 0 bridgehead atoms. The lowest BCUT2D eigenvalue weighted by molar-refractivity contribution is 0.0276. The molecule has 15 heavy (non-hydrogen) atoms. The van der Waals surface area contributed by atoms with E-state index in [1.807, 2.05) is 0 Å². The lowest BCUT2D eigenvalue weighted by Gasteiger charge is -2.35. The highest BCUT2D eigenvalue weighted by molar-refractivity contribution is 7.71. The van der Waals surface area contributed by atoms with E-state index in [9.17, 15) is 0 Å². The molecular weight excluding hydrogens is 210 g/mol. The Balaban J connectivity index is 2.42. The van der Waals surface area contributed by atoms with Crippen LogP contribution in [-0.4, -0.2) is 28.0 Å². The number of aromatic nitrogens is 3. The maximum atomic E-state index is 5.40. The van der Waals surface area contributed by atoms with Crippen LogP contribution in [0.4, 0.5) is 0 Å². The summed E-state index contributed by atoms with van der Waals surface area (Å²) in [6.45, 7) is 5.96. The molecule has 84 valence electrons. The molecule has 1 aliphatic rings. The Morgan fingerprint density at radius 2 is 2.20 bits per heavy atom. The van der Waals surface area contributed by atoms with Crippen molar-refractivity contribution in [2.24, 2.45) is 0 Å². The van der Waals surface area contributed by atoms with Gasteiger partial charge in [-0.1, -0.05) is 6.92 Å². The van der Waals surface area contributed by atoms with Crippen molar-refractivity contribution in [3.63, 3.8) is 0 Å². The molecule has 4 nitrogen and oxygen atoms in total. The summed E-state index contributed by atoms with van der Waals surface area (Å²) in [6, 6.07) is 0. The van der Waals surface area contributed by atoms with Crippen LogP contribution in [0.1, 0.15) is 32.5 Å². The average molecular weight is 227 g/mol. The summed E-state index contributed by atoms with van der Waals surface area (Å²) in [4.78, 5) is 0. The highest BCUT2D eigenvalue weighted by atomic mass is 32.1. The number of H-pyrrole nitrogens is 1. The van der Waals surface area contributed by atoms with E-state index in [-0.39, 0.29) is 5.54 Å². The number of hydrogen-bond acceptors (Lipinski definition) is 3. The standard InChI is InChI=1S/C10H17N3OS/c1-3-8-11-12-9(15)13(8)10(2)4-6-14-7-5-10/h3-7H2,1-2H3,(H,12,15). The van der Waals surface area contributed by atoms with E-state index in [0.717, 1.165) is 43.1 Å². The smallest absolute Gasteiger partial charge is 0.195 e. The Hall–Kier alpha value is -0.680. The predicted molar refractivity (Wildman–Crippen MR) is 60.5 cm³/mol. The normalized spacial score (nSPS) is 20.4. The minimum Gasteiger partial charge on any atom is -0.381 e. The van der Waals surface area contributed by atoms with Crippen molar-refractivity contribution >= 4 is 12.2 Å². The second-order valence-corrected chi connectivity index (χ2v) is 4.63. The quantitative estimate of drug-likeness (QED) is 0.786.